The molecule has 1 fully saturated rings. The van der Waals surface area contributed by atoms with Crippen molar-refractivity contribution in [1.29, 1.82) is 0 Å². The highest BCUT2D eigenvalue weighted by atomic mass is 35.5. The summed E-state index contributed by atoms with van der Waals surface area (Å²) in [5, 5.41) is 13.4. The molecule has 0 saturated carbocycles. The number of amides is 1. The molecule has 180 valence electrons. The van der Waals surface area contributed by atoms with Crippen molar-refractivity contribution in [2.24, 2.45) is 0 Å². The van der Waals surface area contributed by atoms with Gasteiger partial charge in [-0.25, -0.2) is 0 Å². The number of benzene rings is 2. The second-order valence-electron chi connectivity index (χ2n) is 8.24. The van der Waals surface area contributed by atoms with Crippen LogP contribution in [0.1, 0.15) is 18.4 Å². The van der Waals surface area contributed by atoms with E-state index in [0.29, 0.717) is 18.0 Å². The number of hydrogen-bond acceptors (Lipinski definition) is 6. The van der Waals surface area contributed by atoms with E-state index in [1.807, 2.05) is 28.8 Å². The highest BCUT2D eigenvalue weighted by Gasteiger charge is 2.17. The van der Waals surface area contributed by atoms with Crippen LogP contribution in [-0.2, 0) is 9.53 Å². The van der Waals surface area contributed by atoms with Crippen LogP contribution in [0.3, 0.4) is 0 Å². The van der Waals surface area contributed by atoms with Crippen LogP contribution in [0.4, 0.5) is 0 Å². The molecule has 7 nitrogen and oxygen atoms in total. The average Bonchev–Trinajstić information content (AvgIpc) is 3.27. The van der Waals surface area contributed by atoms with Crippen LogP contribution in [0.2, 0.25) is 5.02 Å². The number of hydrogen-bond donors (Lipinski definition) is 1. The Morgan fingerprint density at radius 3 is 2.71 bits per heavy atom. The fourth-order valence-electron chi connectivity index (χ4n) is 3.76. The third-order valence-corrected chi connectivity index (χ3v) is 6.89. The Labute approximate surface area is 209 Å². The largest absolute Gasteiger partial charge is 0.379 e. The number of morpholine rings is 1. The molecule has 1 aliphatic heterocycles. The lowest BCUT2D eigenvalue weighted by Gasteiger charge is -2.26. The van der Waals surface area contributed by atoms with Crippen molar-refractivity contribution < 1.29 is 9.53 Å². The van der Waals surface area contributed by atoms with E-state index in [9.17, 15) is 4.79 Å². The van der Waals surface area contributed by atoms with Gasteiger partial charge >= 0.3 is 0 Å². The molecule has 0 unspecified atom stereocenters. The Bertz CT molecular complexity index is 1080. The topological polar surface area (TPSA) is 72.3 Å². The second-order valence-corrected chi connectivity index (χ2v) is 9.74. The monoisotopic (exact) mass is 499 g/mol. The summed E-state index contributed by atoms with van der Waals surface area (Å²) in [6.45, 7) is 7.02. The van der Waals surface area contributed by atoms with Gasteiger partial charge in [-0.3, -0.25) is 14.3 Å². The second kappa shape index (κ2) is 12.4. The lowest BCUT2D eigenvalue weighted by molar-refractivity contribution is -0.121. The first-order valence-corrected chi connectivity index (χ1v) is 12.9. The minimum atomic E-state index is 0.0884. The van der Waals surface area contributed by atoms with E-state index in [1.165, 1.54) is 5.56 Å². The lowest BCUT2D eigenvalue weighted by atomic mass is 10.1. The van der Waals surface area contributed by atoms with Gasteiger partial charge in [-0.15, -0.1) is 10.2 Å². The van der Waals surface area contributed by atoms with Gasteiger partial charge < -0.3 is 10.1 Å². The predicted molar refractivity (Wildman–Crippen MR) is 137 cm³/mol. The Morgan fingerprint density at radius 1 is 1.15 bits per heavy atom. The number of nitrogens with zero attached hydrogens (tertiary/aromatic N) is 4. The van der Waals surface area contributed by atoms with Gasteiger partial charge in [-0.05, 0) is 31.5 Å². The Kier molecular flexibility index (Phi) is 8.98. The van der Waals surface area contributed by atoms with Gasteiger partial charge in [0, 0.05) is 48.9 Å². The van der Waals surface area contributed by atoms with E-state index < -0.39 is 0 Å². The Hall–Kier alpha value is -2.39. The summed E-state index contributed by atoms with van der Waals surface area (Å²) >= 11 is 7.87. The molecule has 3 aromatic rings. The number of halogens is 1. The van der Waals surface area contributed by atoms with Crippen molar-refractivity contribution in [3.63, 3.8) is 0 Å². The van der Waals surface area contributed by atoms with Crippen LogP contribution in [0.15, 0.2) is 53.7 Å². The number of rotatable bonds is 10. The number of carbonyl (C=O) groups is 1. The average molecular weight is 500 g/mol. The zero-order chi connectivity index (χ0) is 23.8. The molecule has 1 N–H and O–H groups in total. The summed E-state index contributed by atoms with van der Waals surface area (Å²) < 4.78 is 7.38. The molecule has 9 heteroatoms. The first kappa shape index (κ1) is 24.7. The Balaban J connectivity index is 1.34. The molecular formula is C25H30ClN5O2S. The van der Waals surface area contributed by atoms with Crippen molar-refractivity contribution in [2.45, 2.75) is 24.9 Å². The summed E-state index contributed by atoms with van der Waals surface area (Å²) in [7, 11) is 0. The van der Waals surface area contributed by atoms with Crippen molar-refractivity contribution in [2.75, 3.05) is 45.1 Å². The summed E-state index contributed by atoms with van der Waals surface area (Å²) in [5.74, 6) is 1.62. The van der Waals surface area contributed by atoms with E-state index in [4.69, 9.17) is 16.3 Å². The highest BCUT2D eigenvalue weighted by Crippen LogP contribution is 2.29. The molecule has 2 aromatic carbocycles. The number of aryl methyl sites for hydroxylation is 1. The lowest BCUT2D eigenvalue weighted by Crippen LogP contribution is -2.41. The van der Waals surface area contributed by atoms with Crippen LogP contribution in [0, 0.1) is 6.92 Å². The zero-order valence-electron chi connectivity index (χ0n) is 19.4. The quantitative estimate of drug-likeness (QED) is 0.332. The maximum atomic E-state index is 12.2. The van der Waals surface area contributed by atoms with E-state index >= 15 is 0 Å². The normalized spacial score (nSPS) is 14.3. The van der Waals surface area contributed by atoms with Crippen molar-refractivity contribution in [3.05, 3.63) is 59.1 Å². The maximum Gasteiger partial charge on any atom is 0.220 e. The van der Waals surface area contributed by atoms with Crippen LogP contribution < -0.4 is 5.32 Å². The number of ether oxygens (including phenoxy) is 1. The van der Waals surface area contributed by atoms with E-state index in [-0.39, 0.29) is 5.91 Å². The zero-order valence-corrected chi connectivity index (χ0v) is 20.9. The maximum absolute atomic E-state index is 12.2. The smallest absolute Gasteiger partial charge is 0.220 e. The first-order chi connectivity index (χ1) is 16.6. The predicted octanol–water partition coefficient (Wildman–Crippen LogP) is 4.22. The van der Waals surface area contributed by atoms with Gasteiger partial charge in [0.05, 0.1) is 18.9 Å². The molecule has 0 spiro atoms. The molecule has 4 rings (SSSR count). The van der Waals surface area contributed by atoms with Crippen molar-refractivity contribution >= 4 is 29.3 Å². The fourth-order valence-corrected chi connectivity index (χ4v) is 4.84. The molecule has 0 radical (unpaired) electrons. The molecule has 2 heterocycles. The Morgan fingerprint density at radius 2 is 1.94 bits per heavy atom. The molecule has 34 heavy (non-hydrogen) atoms. The van der Waals surface area contributed by atoms with Gasteiger partial charge in [0.2, 0.25) is 5.91 Å². The number of carbonyl (C=O) groups excluding carboxylic acids is 1. The summed E-state index contributed by atoms with van der Waals surface area (Å²) in [5.41, 5.74) is 3.09. The SMILES string of the molecule is Cc1ccc(-c2nnc(SCCCC(=O)NCCN3CCOCC3)n2-c2cccc(Cl)c2)cc1. The third-order valence-electron chi connectivity index (χ3n) is 5.64. The van der Waals surface area contributed by atoms with E-state index in [2.05, 4.69) is 51.6 Å². The van der Waals surface area contributed by atoms with Gasteiger partial charge in [0.15, 0.2) is 11.0 Å². The third kappa shape index (κ3) is 6.82. The van der Waals surface area contributed by atoms with Gasteiger partial charge in [-0.2, -0.15) is 0 Å². The molecule has 1 aromatic heterocycles. The van der Waals surface area contributed by atoms with E-state index in [0.717, 1.165) is 67.3 Å². The van der Waals surface area contributed by atoms with E-state index in [1.54, 1.807) is 11.8 Å². The van der Waals surface area contributed by atoms with Crippen LogP contribution in [0.5, 0.6) is 0 Å². The first-order valence-electron chi connectivity index (χ1n) is 11.6. The number of aromatic nitrogens is 3. The van der Waals surface area contributed by atoms with Crippen molar-refractivity contribution in [1.82, 2.24) is 25.0 Å². The van der Waals surface area contributed by atoms with Crippen LogP contribution in [-0.4, -0.2) is 70.7 Å². The highest BCUT2D eigenvalue weighted by molar-refractivity contribution is 7.99. The van der Waals surface area contributed by atoms with Crippen LogP contribution >= 0.6 is 23.4 Å². The van der Waals surface area contributed by atoms with Gasteiger partial charge in [0.25, 0.3) is 0 Å². The molecule has 1 amide bonds. The minimum absolute atomic E-state index is 0.0884. The molecule has 0 atom stereocenters. The standard InChI is InChI=1S/C25H30ClN5O2S/c1-19-7-9-20(10-8-19)24-28-29-25(31(24)22-5-2-4-21(26)18-22)34-17-3-6-23(32)27-11-12-30-13-15-33-16-14-30/h2,4-5,7-10,18H,3,6,11-17H2,1H3,(H,27,32). The number of thioether (sulfide) groups is 1. The number of nitrogens with one attached hydrogen (secondary N) is 1. The minimum Gasteiger partial charge on any atom is -0.379 e. The summed E-state index contributed by atoms with van der Waals surface area (Å²) in [4.78, 5) is 14.5. The molecule has 0 bridgehead atoms. The summed E-state index contributed by atoms with van der Waals surface area (Å²) in [6, 6.07) is 15.9. The van der Waals surface area contributed by atoms with Gasteiger partial charge in [0.1, 0.15) is 0 Å². The fraction of sp³-hybridized carbons (Fsp3) is 0.400. The van der Waals surface area contributed by atoms with Crippen LogP contribution in [0.25, 0.3) is 17.1 Å². The van der Waals surface area contributed by atoms with Gasteiger partial charge in [-0.1, -0.05) is 59.3 Å². The molecule has 0 aliphatic carbocycles. The molecule has 1 saturated heterocycles. The summed E-state index contributed by atoms with van der Waals surface area (Å²) in [6.07, 6.45) is 1.25. The molecular weight excluding hydrogens is 470 g/mol. The molecule has 1 aliphatic rings. The van der Waals surface area contributed by atoms with Crippen molar-refractivity contribution in [3.8, 4) is 17.1 Å².